The summed E-state index contributed by atoms with van der Waals surface area (Å²) >= 11 is 0.750. The molecule has 0 N–H and O–H groups in total. The minimum atomic E-state index is -0.0803. The van der Waals surface area contributed by atoms with Crippen LogP contribution in [0.1, 0.15) is 58.2 Å². The summed E-state index contributed by atoms with van der Waals surface area (Å²) in [5.41, 5.74) is 2.87. The molecule has 2 heteroatoms. The SMILES string of the molecule is Cc1cc(C(C)(C)C)c([O-])c(C(C)(C)C)c1.[CH3][Al][CH3]. The molecule has 0 aliphatic heterocycles. The maximum absolute atomic E-state index is 12.4. The summed E-state index contributed by atoms with van der Waals surface area (Å²) < 4.78 is 0. The fourth-order valence-corrected chi connectivity index (χ4v) is 1.89. The highest BCUT2D eigenvalue weighted by molar-refractivity contribution is 6.31. The van der Waals surface area contributed by atoms with Gasteiger partial charge in [0.05, 0.1) is 0 Å². The number of benzene rings is 1. The monoisotopic (exact) mass is 276 g/mol. The van der Waals surface area contributed by atoms with Crippen molar-refractivity contribution in [3.63, 3.8) is 0 Å². The topological polar surface area (TPSA) is 23.1 Å². The Balaban J connectivity index is 0.000000982. The van der Waals surface area contributed by atoms with Crippen LogP contribution in [0.2, 0.25) is 11.6 Å². The van der Waals surface area contributed by atoms with E-state index < -0.39 is 0 Å². The van der Waals surface area contributed by atoms with E-state index in [4.69, 9.17) is 0 Å². The van der Waals surface area contributed by atoms with Gasteiger partial charge < -0.3 is 5.11 Å². The Labute approximate surface area is 126 Å². The lowest BCUT2D eigenvalue weighted by molar-refractivity contribution is -0.271. The first-order valence-corrected chi connectivity index (χ1v) is 9.32. The van der Waals surface area contributed by atoms with Crippen LogP contribution in [0, 0.1) is 6.92 Å². The lowest BCUT2D eigenvalue weighted by atomic mass is 9.78. The van der Waals surface area contributed by atoms with Crippen LogP contribution >= 0.6 is 0 Å². The highest BCUT2D eigenvalue weighted by Crippen LogP contribution is 2.37. The van der Waals surface area contributed by atoms with Crippen molar-refractivity contribution in [1.82, 2.24) is 0 Å². The predicted molar refractivity (Wildman–Crippen MR) is 85.5 cm³/mol. The van der Waals surface area contributed by atoms with Gasteiger partial charge in [0.2, 0.25) is 0 Å². The van der Waals surface area contributed by atoms with Gasteiger partial charge >= 0.3 is 0 Å². The highest BCUT2D eigenvalue weighted by Gasteiger charge is 2.21. The van der Waals surface area contributed by atoms with Crippen molar-refractivity contribution in [3.8, 4) is 5.75 Å². The van der Waals surface area contributed by atoms with Crippen LogP contribution in [-0.4, -0.2) is 15.2 Å². The fourth-order valence-electron chi connectivity index (χ4n) is 1.89. The van der Waals surface area contributed by atoms with E-state index in [9.17, 15) is 5.11 Å². The minimum Gasteiger partial charge on any atom is -0.872 e. The van der Waals surface area contributed by atoms with Crippen molar-refractivity contribution < 1.29 is 5.11 Å². The van der Waals surface area contributed by atoms with Crippen molar-refractivity contribution in [2.45, 2.75) is 70.9 Å². The lowest BCUT2D eigenvalue weighted by Gasteiger charge is -2.33. The highest BCUT2D eigenvalue weighted by atomic mass is 27.1. The zero-order valence-electron chi connectivity index (χ0n) is 14.1. The summed E-state index contributed by atoms with van der Waals surface area (Å²) in [7, 11) is 0. The Kier molecular flexibility index (Phi) is 6.66. The molecule has 0 aromatic heterocycles. The molecule has 0 saturated carbocycles. The number of rotatable bonds is 0. The summed E-state index contributed by atoms with van der Waals surface area (Å²) in [6.45, 7) is 14.6. The average Bonchev–Trinajstić information content (AvgIpc) is 2.19. The maximum atomic E-state index is 12.4. The second-order valence-electron chi connectivity index (χ2n) is 7.27. The molecular formula is C17H29AlO-. The summed E-state index contributed by atoms with van der Waals surface area (Å²) in [5.74, 6) is 4.63. The largest absolute Gasteiger partial charge is 0.872 e. The summed E-state index contributed by atoms with van der Waals surface area (Å²) in [6.07, 6.45) is 0. The van der Waals surface area contributed by atoms with Crippen LogP contribution in [0.15, 0.2) is 12.1 Å². The second-order valence-corrected chi connectivity index (χ2v) is 8.42. The predicted octanol–water partition coefficient (Wildman–Crippen LogP) is 4.45. The molecule has 0 aliphatic carbocycles. The van der Waals surface area contributed by atoms with Gasteiger partial charge in [-0.3, -0.25) is 0 Å². The van der Waals surface area contributed by atoms with Crippen LogP contribution in [0.25, 0.3) is 0 Å². The van der Waals surface area contributed by atoms with E-state index >= 15 is 0 Å². The maximum Gasteiger partial charge on any atom is 0.191 e. The molecule has 107 valence electrons. The van der Waals surface area contributed by atoms with Gasteiger partial charge in [0.25, 0.3) is 0 Å². The third kappa shape index (κ3) is 5.59. The Morgan fingerprint density at radius 1 is 0.842 bits per heavy atom. The van der Waals surface area contributed by atoms with Gasteiger partial charge in [-0.2, -0.15) is 0 Å². The first-order chi connectivity index (χ1) is 8.45. The summed E-state index contributed by atoms with van der Waals surface area (Å²) in [5, 5.41) is 12.4. The third-order valence-corrected chi connectivity index (χ3v) is 2.85. The molecule has 0 atom stereocenters. The summed E-state index contributed by atoms with van der Waals surface area (Å²) in [4.78, 5) is 0. The van der Waals surface area contributed by atoms with Crippen LogP contribution < -0.4 is 5.11 Å². The van der Waals surface area contributed by atoms with Gasteiger partial charge in [0.15, 0.2) is 15.2 Å². The van der Waals surface area contributed by atoms with Crippen LogP contribution in [0.3, 0.4) is 0 Å². The molecule has 1 radical (unpaired) electrons. The van der Waals surface area contributed by atoms with E-state index in [0.717, 1.165) is 26.3 Å². The second kappa shape index (κ2) is 6.82. The average molecular weight is 276 g/mol. The number of hydrogen-bond acceptors (Lipinski definition) is 1. The molecule has 0 amide bonds. The van der Waals surface area contributed by atoms with Crippen molar-refractivity contribution >= 4 is 15.2 Å². The number of hydrogen-bond donors (Lipinski definition) is 0. The van der Waals surface area contributed by atoms with Gasteiger partial charge in [-0.1, -0.05) is 59.2 Å². The molecule has 0 unspecified atom stereocenters. The first-order valence-electron chi connectivity index (χ1n) is 7.01. The Morgan fingerprint density at radius 3 is 1.32 bits per heavy atom. The normalized spacial score (nSPS) is 11.6. The quantitative estimate of drug-likeness (QED) is 0.642. The van der Waals surface area contributed by atoms with Crippen molar-refractivity contribution in [2.24, 2.45) is 0 Å². The van der Waals surface area contributed by atoms with Crippen molar-refractivity contribution in [3.05, 3.63) is 28.8 Å². The van der Waals surface area contributed by atoms with Crippen LogP contribution in [0.5, 0.6) is 5.75 Å². The van der Waals surface area contributed by atoms with Gasteiger partial charge in [-0.05, 0) is 28.9 Å². The van der Waals surface area contributed by atoms with Crippen LogP contribution in [-0.2, 0) is 10.8 Å². The Hall–Kier alpha value is -0.448. The Morgan fingerprint density at radius 2 is 1.11 bits per heavy atom. The van der Waals surface area contributed by atoms with E-state index in [-0.39, 0.29) is 16.6 Å². The van der Waals surface area contributed by atoms with Gasteiger partial charge in [-0.15, -0.1) is 17.3 Å². The molecule has 1 nitrogen and oxygen atoms in total. The molecule has 0 heterocycles. The Bertz CT molecular complexity index is 373. The van der Waals surface area contributed by atoms with E-state index in [1.807, 2.05) is 12.1 Å². The molecule has 0 bridgehead atoms. The van der Waals surface area contributed by atoms with E-state index in [1.54, 1.807) is 0 Å². The molecule has 1 aromatic rings. The smallest absolute Gasteiger partial charge is 0.191 e. The molecule has 1 aromatic carbocycles. The molecule has 19 heavy (non-hydrogen) atoms. The van der Waals surface area contributed by atoms with E-state index in [0.29, 0.717) is 0 Å². The number of aryl methyl sites for hydroxylation is 1. The lowest BCUT2D eigenvalue weighted by Crippen LogP contribution is -2.21. The zero-order chi connectivity index (χ0) is 15.4. The van der Waals surface area contributed by atoms with Gasteiger partial charge in [0.1, 0.15) is 0 Å². The molecule has 0 fully saturated rings. The fraction of sp³-hybridized carbons (Fsp3) is 0.647. The van der Waals surface area contributed by atoms with Gasteiger partial charge in [0, 0.05) is 0 Å². The molecule has 0 saturated heterocycles. The van der Waals surface area contributed by atoms with Crippen LogP contribution in [0.4, 0.5) is 0 Å². The minimum absolute atomic E-state index is 0.0803. The van der Waals surface area contributed by atoms with E-state index in [1.165, 1.54) is 5.56 Å². The first kappa shape index (κ1) is 18.6. The summed E-state index contributed by atoms with van der Waals surface area (Å²) in [6, 6.07) is 4.05. The standard InChI is InChI=1S/C15H24O.2CH3.Al/c1-10-8-11(14(2,3)4)13(16)12(9-10)15(5,6)7;;;/h8-9,16H,1-7H3;2*1H3;/p-1. The third-order valence-electron chi connectivity index (χ3n) is 2.85. The molecule has 1 rings (SSSR count). The van der Waals surface area contributed by atoms with Crippen molar-refractivity contribution in [2.75, 3.05) is 0 Å². The van der Waals surface area contributed by atoms with Crippen molar-refractivity contribution in [1.29, 1.82) is 0 Å². The van der Waals surface area contributed by atoms with E-state index in [2.05, 4.69) is 60.0 Å². The van der Waals surface area contributed by atoms with Gasteiger partial charge in [-0.25, -0.2) is 0 Å². The molecule has 0 aliphatic rings. The molecule has 0 spiro atoms. The molecular weight excluding hydrogens is 247 g/mol. The zero-order valence-corrected chi connectivity index (χ0v) is 15.3.